The van der Waals surface area contributed by atoms with Gasteiger partial charge in [0.2, 0.25) is 23.6 Å². The van der Waals surface area contributed by atoms with Gasteiger partial charge in [-0.3, -0.25) is 24.0 Å². The lowest BCUT2D eigenvalue weighted by molar-refractivity contribution is -0.127. The summed E-state index contributed by atoms with van der Waals surface area (Å²) in [5.41, 5.74) is -0.888. The summed E-state index contributed by atoms with van der Waals surface area (Å²) < 4.78 is 36.9. The van der Waals surface area contributed by atoms with Crippen LogP contribution in [0.25, 0.3) is 11.5 Å². The predicted octanol–water partition coefficient (Wildman–Crippen LogP) is 18.4. The molecule has 0 aliphatic rings. The van der Waals surface area contributed by atoms with Crippen LogP contribution < -0.4 is 36.1 Å². The van der Waals surface area contributed by atoms with Gasteiger partial charge in [0, 0.05) is 100 Å². The zero-order valence-electron chi connectivity index (χ0n) is 67.1. The van der Waals surface area contributed by atoms with E-state index in [1.807, 2.05) is 58.2 Å². The Morgan fingerprint density at radius 2 is 0.775 bits per heavy atom. The Morgan fingerprint density at radius 3 is 1.17 bits per heavy atom. The minimum Gasteiger partial charge on any atom is -0.494 e. The fourth-order valence-electron chi connectivity index (χ4n) is 11.9. The molecule has 1 heterocycles. The third kappa shape index (κ3) is 40.9. The topological polar surface area (TPSA) is 231 Å². The molecule has 0 aliphatic carbocycles. The number of hydrogen-bond donors (Lipinski definition) is 5. The second-order valence-electron chi connectivity index (χ2n) is 33.8. The van der Waals surface area contributed by atoms with Gasteiger partial charge in [0.1, 0.15) is 11.5 Å². The first kappa shape index (κ1) is 91.0. The number of carbonyl (C=O) groups is 5. The Morgan fingerprint density at radius 1 is 0.412 bits per heavy atom. The van der Waals surface area contributed by atoms with Crippen molar-refractivity contribution in [3.63, 3.8) is 0 Å². The van der Waals surface area contributed by atoms with Crippen LogP contribution in [-0.2, 0) is 28.6 Å². The molecule has 102 heavy (non-hydrogen) atoms. The number of nitrogens with one attached hydrogen (secondary N) is 5. The van der Waals surface area contributed by atoms with Crippen molar-refractivity contribution in [1.82, 2.24) is 36.8 Å². The lowest BCUT2D eigenvalue weighted by Crippen LogP contribution is -2.41. The van der Waals surface area contributed by atoms with Gasteiger partial charge >= 0.3 is 0 Å². The van der Waals surface area contributed by atoms with Crippen LogP contribution in [-0.4, -0.2) is 132 Å². The number of carbonyl (C=O) groups excluding carboxylic acids is 5. The lowest BCUT2D eigenvalue weighted by atomic mass is 9.91. The molecule has 0 radical (unpaired) electrons. The summed E-state index contributed by atoms with van der Waals surface area (Å²) in [7, 11) is 0. The van der Waals surface area contributed by atoms with E-state index in [0.29, 0.717) is 89.2 Å². The molecule has 1 aromatic heterocycles. The fourth-order valence-corrected chi connectivity index (χ4v) is 12.1. The van der Waals surface area contributed by atoms with Crippen LogP contribution in [0.1, 0.15) is 298 Å². The summed E-state index contributed by atoms with van der Waals surface area (Å²) in [4.78, 5) is 68.9. The molecule has 0 aliphatic heterocycles. The van der Waals surface area contributed by atoms with Crippen molar-refractivity contribution >= 4 is 41.3 Å². The van der Waals surface area contributed by atoms with E-state index >= 15 is 0 Å². The van der Waals surface area contributed by atoms with Gasteiger partial charge in [0.05, 0.1) is 52.9 Å². The van der Waals surface area contributed by atoms with Gasteiger partial charge in [-0.05, 0) is 80.8 Å². The van der Waals surface area contributed by atoms with Crippen LogP contribution in [0.2, 0.25) is 0 Å². The molecule has 3 rings (SSSR count). The van der Waals surface area contributed by atoms with Crippen LogP contribution in [0.15, 0.2) is 52.1 Å². The highest BCUT2D eigenvalue weighted by atomic mass is 32.2. The molecule has 5 amide bonds. The minimum atomic E-state index is -0.466. The molecule has 19 heteroatoms. The van der Waals surface area contributed by atoms with Gasteiger partial charge < -0.3 is 54.7 Å². The first-order chi connectivity index (χ1) is 48.4. The van der Waals surface area contributed by atoms with Gasteiger partial charge in [-0.1, -0.05) is 251 Å². The molecule has 0 saturated carbocycles. The Hall–Kier alpha value is -5.24. The highest BCUT2D eigenvalue weighted by Crippen LogP contribution is 2.29. The third-order valence-corrected chi connectivity index (χ3v) is 19.1. The second kappa shape index (κ2) is 48.8. The van der Waals surface area contributed by atoms with Gasteiger partial charge in [-0.15, -0.1) is 10.2 Å². The van der Waals surface area contributed by atoms with Gasteiger partial charge in [-0.25, -0.2) is 0 Å². The average Bonchev–Trinajstić information content (AvgIpc) is 1.24. The zero-order chi connectivity index (χ0) is 75.5. The van der Waals surface area contributed by atoms with Crippen molar-refractivity contribution in [2.24, 2.45) is 44.3 Å². The molecule has 0 fully saturated rings. The SMILES string of the molecule is CCCCCCCCC(CCCCCC)C(=O)NCC(C)(C)COCC(C)(C)CNC(=O)c1cc(OCCCC(=O)NCC(C)(C)COCC(C)(C)COc2ccc(-c3nnc(SC)o3)cc2)cc(C(=O)NCC(C)(C)COCC(C)(C)CNC(=O)C(CCCCCC)CCCCCCCC)c1. The zero-order valence-corrected chi connectivity index (χ0v) is 67.9. The fraction of sp³-hybridized carbons (Fsp3) is 0.771. The van der Waals surface area contributed by atoms with Crippen molar-refractivity contribution in [1.29, 1.82) is 0 Å². The molecule has 2 unspecified atom stereocenters. The number of ether oxygens (including phenoxy) is 5. The quantitative estimate of drug-likeness (QED) is 0.0262. The van der Waals surface area contributed by atoms with E-state index in [1.54, 1.807) is 18.2 Å². The summed E-state index contributed by atoms with van der Waals surface area (Å²) in [5.74, 6) is 1.00. The normalized spacial score (nSPS) is 13.0. The molecule has 2 aromatic carbocycles. The lowest BCUT2D eigenvalue weighted by Gasteiger charge is -2.30. The molecule has 0 saturated heterocycles. The molecule has 18 nitrogen and oxygen atoms in total. The number of aromatic nitrogens is 2. The summed E-state index contributed by atoms with van der Waals surface area (Å²) in [5, 5.41) is 24.5. The van der Waals surface area contributed by atoms with E-state index in [0.717, 1.165) is 75.5 Å². The van der Waals surface area contributed by atoms with E-state index in [2.05, 4.69) is 120 Å². The van der Waals surface area contributed by atoms with E-state index in [9.17, 15) is 24.0 Å². The maximum Gasteiger partial charge on any atom is 0.276 e. The summed E-state index contributed by atoms with van der Waals surface area (Å²) >= 11 is 1.40. The Balaban J connectivity index is 1.62. The summed E-state index contributed by atoms with van der Waals surface area (Å²) in [6.45, 7) is 38.8. The van der Waals surface area contributed by atoms with E-state index in [-0.39, 0.29) is 100 Å². The van der Waals surface area contributed by atoms with Crippen molar-refractivity contribution < 1.29 is 52.1 Å². The number of thioether (sulfide) groups is 1. The van der Waals surface area contributed by atoms with Crippen LogP contribution in [0.4, 0.5) is 0 Å². The number of rotatable bonds is 60. The monoisotopic (exact) mass is 1450 g/mol. The number of unbranched alkanes of at least 4 members (excludes halogenated alkanes) is 16. The Labute approximate surface area is 622 Å². The van der Waals surface area contributed by atoms with Crippen molar-refractivity contribution in [3.8, 4) is 23.0 Å². The Bertz CT molecular complexity index is 2710. The average molecular weight is 1450 g/mol. The molecular weight excluding hydrogens is 1300 g/mol. The van der Waals surface area contributed by atoms with E-state index in [1.165, 1.54) is 102 Å². The van der Waals surface area contributed by atoms with Crippen molar-refractivity contribution in [2.45, 2.75) is 283 Å². The predicted molar refractivity (Wildman–Crippen MR) is 418 cm³/mol. The molecule has 0 spiro atoms. The molecule has 0 bridgehead atoms. The molecule has 5 N–H and O–H groups in total. The van der Waals surface area contributed by atoms with Crippen LogP contribution in [0.3, 0.4) is 0 Å². The number of benzene rings is 2. The number of hydrogen-bond acceptors (Lipinski definition) is 14. The van der Waals surface area contributed by atoms with Crippen molar-refractivity contribution in [2.75, 3.05) is 91.8 Å². The summed E-state index contributed by atoms with van der Waals surface area (Å²) in [6.07, 6.45) is 29.9. The minimum absolute atomic E-state index is 0.0332. The summed E-state index contributed by atoms with van der Waals surface area (Å²) in [6, 6.07) is 12.4. The van der Waals surface area contributed by atoms with Gasteiger partial charge in [0.15, 0.2) is 0 Å². The number of nitrogens with zero attached hydrogens (tertiary/aromatic N) is 2. The van der Waals surface area contributed by atoms with Crippen LogP contribution in [0.5, 0.6) is 11.5 Å². The number of amides is 5. The van der Waals surface area contributed by atoms with Crippen LogP contribution in [0, 0.1) is 44.3 Å². The molecule has 2 atom stereocenters. The van der Waals surface area contributed by atoms with Crippen molar-refractivity contribution in [3.05, 3.63) is 53.6 Å². The first-order valence-electron chi connectivity index (χ1n) is 39.4. The highest BCUT2D eigenvalue weighted by molar-refractivity contribution is 7.98. The largest absolute Gasteiger partial charge is 0.494 e. The third-order valence-electron chi connectivity index (χ3n) is 18.6. The van der Waals surface area contributed by atoms with Gasteiger partial charge in [0.25, 0.3) is 17.0 Å². The van der Waals surface area contributed by atoms with E-state index < -0.39 is 10.8 Å². The standard InChI is InChI=1S/C83H143N7O11S/c1-18-22-26-30-32-36-41-64(39-34-28-24-20-3)72(92)85-53-79(7,8)58-96-60-81(11,12)55-87-74(94)67-49-68(75(95)88-56-82(13,14)61-97-59-80(9,10)54-86-73(93)65(40-35-29-25-21-4)42-37-33-31-27-23-19-2)51-70(50-67)99-48-38-43-71(91)84-52-78(5,6)57-98-62-83(15,16)63-100-69-46-44-66(45-47-69)76-89-90-77(101-76)102-17/h44-47,49-51,64-65H,18-43,48,52-63H2,1-17H3,(H,84,91)(H,85,92)(H,86,93)(H,87,94)(H,88,95). The molecule has 582 valence electrons. The first-order valence-corrected chi connectivity index (χ1v) is 40.6. The maximum absolute atomic E-state index is 14.2. The van der Waals surface area contributed by atoms with Gasteiger partial charge in [-0.2, -0.15) is 0 Å². The maximum atomic E-state index is 14.2. The molecular formula is C83H143N7O11S. The highest BCUT2D eigenvalue weighted by Gasteiger charge is 2.30. The molecule has 3 aromatic rings. The van der Waals surface area contributed by atoms with Crippen LogP contribution >= 0.6 is 11.8 Å². The van der Waals surface area contributed by atoms with E-state index in [4.69, 9.17) is 28.1 Å². The second-order valence-corrected chi connectivity index (χ2v) is 34.6. The Kier molecular flexibility index (Phi) is 43.5. The smallest absolute Gasteiger partial charge is 0.276 e.